The minimum absolute atomic E-state index is 0.248. The molecule has 0 saturated heterocycles. The van der Waals surface area contributed by atoms with Gasteiger partial charge in [-0.3, -0.25) is 0 Å². The second-order valence-electron chi connectivity index (χ2n) is 4.59. The van der Waals surface area contributed by atoms with Crippen molar-refractivity contribution in [1.29, 1.82) is 0 Å². The molecule has 2 N–H and O–H groups in total. The van der Waals surface area contributed by atoms with Gasteiger partial charge in [0.1, 0.15) is 11.6 Å². The van der Waals surface area contributed by atoms with Gasteiger partial charge in [0.2, 0.25) is 0 Å². The topological polar surface area (TPSA) is 48.9 Å². The van der Waals surface area contributed by atoms with Crippen molar-refractivity contribution in [2.75, 3.05) is 0 Å². The van der Waals surface area contributed by atoms with E-state index in [1.54, 1.807) is 12.1 Å². The Morgan fingerprint density at radius 2 is 1.83 bits per heavy atom. The zero-order chi connectivity index (χ0) is 12.7. The number of aromatic amines is 1. The second-order valence-corrected chi connectivity index (χ2v) is 4.59. The highest BCUT2D eigenvalue weighted by molar-refractivity contribution is 5.80. The SMILES string of the molecule is Cc1ccc(-c2nc3ccc(O)cc3[nH]2)cc1C. The molecule has 0 bridgehead atoms. The van der Waals surface area contributed by atoms with Crippen molar-refractivity contribution in [2.24, 2.45) is 0 Å². The average molecular weight is 238 g/mol. The Morgan fingerprint density at radius 1 is 1.00 bits per heavy atom. The molecule has 0 spiro atoms. The van der Waals surface area contributed by atoms with Gasteiger partial charge in [0.05, 0.1) is 11.0 Å². The fraction of sp³-hybridized carbons (Fsp3) is 0.133. The minimum atomic E-state index is 0.248. The van der Waals surface area contributed by atoms with Crippen LogP contribution in [-0.2, 0) is 0 Å². The fourth-order valence-corrected chi connectivity index (χ4v) is 2.02. The molecule has 0 fully saturated rings. The normalized spacial score (nSPS) is 11.0. The number of phenolic OH excluding ortho intramolecular Hbond substituents is 1. The third kappa shape index (κ3) is 1.74. The number of aromatic hydroxyl groups is 1. The Hall–Kier alpha value is -2.29. The lowest BCUT2D eigenvalue weighted by Crippen LogP contribution is -1.84. The molecule has 3 rings (SSSR count). The van der Waals surface area contributed by atoms with E-state index in [9.17, 15) is 5.11 Å². The van der Waals surface area contributed by atoms with Crippen LogP contribution in [-0.4, -0.2) is 15.1 Å². The van der Waals surface area contributed by atoms with E-state index < -0.39 is 0 Å². The van der Waals surface area contributed by atoms with Gasteiger partial charge in [-0.05, 0) is 43.2 Å². The van der Waals surface area contributed by atoms with Gasteiger partial charge in [-0.25, -0.2) is 4.98 Å². The molecule has 18 heavy (non-hydrogen) atoms. The predicted octanol–water partition coefficient (Wildman–Crippen LogP) is 3.55. The number of benzene rings is 2. The van der Waals surface area contributed by atoms with Gasteiger partial charge >= 0.3 is 0 Å². The summed E-state index contributed by atoms with van der Waals surface area (Å²) in [6.07, 6.45) is 0. The van der Waals surface area contributed by atoms with Gasteiger partial charge in [0.25, 0.3) is 0 Å². The molecule has 1 heterocycles. The number of nitrogens with zero attached hydrogens (tertiary/aromatic N) is 1. The first-order valence-electron chi connectivity index (χ1n) is 5.90. The molecule has 90 valence electrons. The maximum atomic E-state index is 9.44. The molecule has 0 aliphatic heterocycles. The minimum Gasteiger partial charge on any atom is -0.508 e. The number of fused-ring (bicyclic) bond motifs is 1. The lowest BCUT2D eigenvalue weighted by Gasteiger charge is -2.02. The van der Waals surface area contributed by atoms with Crippen LogP contribution >= 0.6 is 0 Å². The summed E-state index contributed by atoms with van der Waals surface area (Å²) in [4.78, 5) is 7.76. The highest BCUT2D eigenvalue weighted by Gasteiger charge is 2.06. The van der Waals surface area contributed by atoms with Gasteiger partial charge in [-0.1, -0.05) is 12.1 Å². The number of hydrogen-bond donors (Lipinski definition) is 2. The van der Waals surface area contributed by atoms with Crippen LogP contribution in [0.5, 0.6) is 5.75 Å². The smallest absolute Gasteiger partial charge is 0.138 e. The number of hydrogen-bond acceptors (Lipinski definition) is 2. The quantitative estimate of drug-likeness (QED) is 0.681. The molecule has 0 radical (unpaired) electrons. The van der Waals surface area contributed by atoms with Gasteiger partial charge in [0, 0.05) is 11.6 Å². The van der Waals surface area contributed by atoms with E-state index in [0.717, 1.165) is 22.4 Å². The Morgan fingerprint density at radius 3 is 2.61 bits per heavy atom. The number of rotatable bonds is 1. The maximum Gasteiger partial charge on any atom is 0.138 e. The van der Waals surface area contributed by atoms with Crippen molar-refractivity contribution in [3.05, 3.63) is 47.5 Å². The van der Waals surface area contributed by atoms with Crippen LogP contribution in [0, 0.1) is 13.8 Å². The first-order chi connectivity index (χ1) is 8.63. The summed E-state index contributed by atoms with van der Waals surface area (Å²) in [5.74, 6) is 1.08. The lowest BCUT2D eigenvalue weighted by molar-refractivity contribution is 0.476. The van der Waals surface area contributed by atoms with Crippen molar-refractivity contribution in [1.82, 2.24) is 9.97 Å². The van der Waals surface area contributed by atoms with Crippen molar-refractivity contribution in [2.45, 2.75) is 13.8 Å². The molecule has 2 aromatic carbocycles. The molecule has 3 heteroatoms. The van der Waals surface area contributed by atoms with Crippen LogP contribution in [0.15, 0.2) is 36.4 Å². The number of aryl methyl sites for hydroxylation is 2. The van der Waals surface area contributed by atoms with Crippen LogP contribution in [0.3, 0.4) is 0 Å². The molecule has 0 aliphatic rings. The van der Waals surface area contributed by atoms with Gasteiger partial charge in [0.15, 0.2) is 0 Å². The van der Waals surface area contributed by atoms with E-state index in [1.165, 1.54) is 11.1 Å². The first-order valence-corrected chi connectivity index (χ1v) is 5.90. The molecule has 3 nitrogen and oxygen atoms in total. The molecule has 0 unspecified atom stereocenters. The molecule has 0 amide bonds. The van der Waals surface area contributed by atoms with E-state index in [2.05, 4.69) is 42.0 Å². The Bertz CT molecular complexity index is 728. The van der Waals surface area contributed by atoms with Crippen LogP contribution < -0.4 is 0 Å². The highest BCUT2D eigenvalue weighted by Crippen LogP contribution is 2.24. The van der Waals surface area contributed by atoms with Crippen molar-refractivity contribution >= 4 is 11.0 Å². The van der Waals surface area contributed by atoms with Crippen LogP contribution in [0.1, 0.15) is 11.1 Å². The van der Waals surface area contributed by atoms with Crippen LogP contribution in [0.2, 0.25) is 0 Å². The van der Waals surface area contributed by atoms with Gasteiger partial charge in [-0.15, -0.1) is 0 Å². The molecular weight excluding hydrogens is 224 g/mol. The zero-order valence-electron chi connectivity index (χ0n) is 10.4. The maximum absolute atomic E-state index is 9.44. The molecule has 1 aromatic heterocycles. The summed E-state index contributed by atoms with van der Waals surface area (Å²) < 4.78 is 0. The highest BCUT2D eigenvalue weighted by atomic mass is 16.3. The van der Waals surface area contributed by atoms with E-state index in [0.29, 0.717) is 0 Å². The third-order valence-corrected chi connectivity index (χ3v) is 3.25. The monoisotopic (exact) mass is 238 g/mol. The zero-order valence-corrected chi connectivity index (χ0v) is 10.4. The third-order valence-electron chi connectivity index (χ3n) is 3.25. The van der Waals surface area contributed by atoms with Crippen molar-refractivity contribution in [3.8, 4) is 17.1 Å². The van der Waals surface area contributed by atoms with Gasteiger partial charge < -0.3 is 10.1 Å². The van der Waals surface area contributed by atoms with Gasteiger partial charge in [-0.2, -0.15) is 0 Å². The first kappa shape index (κ1) is 10.8. The average Bonchev–Trinajstić information content (AvgIpc) is 2.75. The van der Waals surface area contributed by atoms with E-state index >= 15 is 0 Å². The summed E-state index contributed by atoms with van der Waals surface area (Å²) in [6, 6.07) is 11.4. The van der Waals surface area contributed by atoms with E-state index in [-0.39, 0.29) is 5.75 Å². The molecule has 0 atom stereocenters. The lowest BCUT2D eigenvalue weighted by atomic mass is 10.1. The predicted molar refractivity (Wildman–Crippen MR) is 72.7 cm³/mol. The van der Waals surface area contributed by atoms with E-state index in [1.807, 2.05) is 6.07 Å². The Kier molecular flexibility index (Phi) is 2.33. The summed E-state index contributed by atoms with van der Waals surface area (Å²) in [5, 5.41) is 9.44. The van der Waals surface area contributed by atoms with E-state index in [4.69, 9.17) is 0 Å². The molecule has 0 aliphatic carbocycles. The number of imidazole rings is 1. The number of aromatic nitrogens is 2. The molecule has 3 aromatic rings. The molecule has 0 saturated carbocycles. The fourth-order valence-electron chi connectivity index (χ4n) is 2.02. The Labute approximate surface area is 105 Å². The van der Waals surface area contributed by atoms with Crippen molar-refractivity contribution in [3.63, 3.8) is 0 Å². The number of phenols is 1. The number of nitrogens with one attached hydrogen (secondary N) is 1. The standard InChI is InChI=1S/C15H14N2O/c1-9-3-4-11(7-10(9)2)15-16-13-6-5-12(18)8-14(13)17-15/h3-8,18H,1-2H3,(H,16,17). The second kappa shape index (κ2) is 3.88. The summed E-state index contributed by atoms with van der Waals surface area (Å²) in [7, 11) is 0. The van der Waals surface area contributed by atoms with Crippen LogP contribution in [0.25, 0.3) is 22.4 Å². The Balaban J connectivity index is 2.16. The largest absolute Gasteiger partial charge is 0.508 e. The number of H-pyrrole nitrogens is 1. The summed E-state index contributed by atoms with van der Waals surface area (Å²) >= 11 is 0. The summed E-state index contributed by atoms with van der Waals surface area (Å²) in [6.45, 7) is 4.18. The van der Waals surface area contributed by atoms with Crippen molar-refractivity contribution < 1.29 is 5.11 Å². The summed E-state index contributed by atoms with van der Waals surface area (Å²) in [5.41, 5.74) is 5.29. The molecular formula is C15H14N2O. The van der Waals surface area contributed by atoms with Crippen LogP contribution in [0.4, 0.5) is 0 Å².